The first kappa shape index (κ1) is 44.9. The first-order valence-electron chi connectivity index (χ1n) is 28.7. The van der Waals surface area contributed by atoms with Crippen LogP contribution < -0.4 is 36.0 Å². The van der Waals surface area contributed by atoms with Gasteiger partial charge in [-0.05, 0) is 158 Å². The summed E-state index contributed by atoms with van der Waals surface area (Å²) in [6, 6.07) is 69.0. The van der Waals surface area contributed by atoms with Gasteiger partial charge in [-0.3, -0.25) is 0 Å². The molecule has 6 aliphatic rings. The van der Waals surface area contributed by atoms with Crippen LogP contribution in [0.5, 0.6) is 0 Å². The lowest BCUT2D eigenvalue weighted by molar-refractivity contribution is 0.195. The quantitative estimate of drug-likeness (QED) is 0.164. The molecule has 0 spiro atoms. The van der Waals surface area contributed by atoms with Crippen LogP contribution in [0.1, 0.15) is 95.8 Å². The molecule has 2 saturated carbocycles. The molecular formula is C71H61BN4O2. The summed E-state index contributed by atoms with van der Waals surface area (Å²) in [5, 5.41) is 4.48. The largest absolute Gasteiger partial charge is 0.456 e. The number of hydrogen-bond acceptors (Lipinski definition) is 6. The number of benzene rings is 9. The third-order valence-corrected chi connectivity index (χ3v) is 21.0. The number of para-hydroxylation sites is 5. The lowest BCUT2D eigenvalue weighted by Crippen LogP contribution is -2.61. The Kier molecular flexibility index (Phi) is 8.94. The summed E-state index contributed by atoms with van der Waals surface area (Å²) in [7, 11) is 0. The average Bonchev–Trinajstić information content (AvgIpc) is 4.18. The Morgan fingerprint density at radius 2 is 0.872 bits per heavy atom. The van der Waals surface area contributed by atoms with E-state index in [4.69, 9.17) is 8.83 Å². The fourth-order valence-electron chi connectivity index (χ4n) is 17.0. The Balaban J connectivity index is 0.966. The number of fused-ring (bicyclic) bond motifs is 16. The lowest BCUT2D eigenvalue weighted by Gasteiger charge is -2.51. The van der Waals surface area contributed by atoms with Gasteiger partial charge < -0.3 is 28.4 Å². The van der Waals surface area contributed by atoms with Crippen molar-refractivity contribution in [2.75, 3.05) is 19.6 Å². The molecule has 2 aromatic heterocycles. The molecule has 6 nitrogen and oxygen atoms in total. The van der Waals surface area contributed by atoms with Gasteiger partial charge in [0, 0.05) is 72.5 Å². The minimum absolute atomic E-state index is 0.0184. The number of rotatable bonds is 4. The predicted octanol–water partition coefficient (Wildman–Crippen LogP) is 17.4. The van der Waals surface area contributed by atoms with E-state index in [1.165, 1.54) is 117 Å². The maximum absolute atomic E-state index is 7.06. The van der Waals surface area contributed by atoms with Crippen LogP contribution in [0.25, 0.3) is 43.9 Å². The number of nitrogens with zero attached hydrogens (tertiary/aromatic N) is 4. The zero-order chi connectivity index (χ0) is 52.0. The van der Waals surface area contributed by atoms with Crippen LogP contribution in [0, 0.1) is 6.92 Å². The van der Waals surface area contributed by atoms with Crippen molar-refractivity contribution in [1.82, 2.24) is 0 Å². The van der Waals surface area contributed by atoms with E-state index in [2.05, 4.69) is 236 Å². The summed E-state index contributed by atoms with van der Waals surface area (Å²) in [5.41, 5.74) is 23.4. The smallest absolute Gasteiger partial charge is 0.252 e. The minimum atomic E-state index is -0.102. The fraction of sp³-hybridized carbons (Fsp3) is 0.239. The third kappa shape index (κ3) is 5.54. The van der Waals surface area contributed by atoms with Gasteiger partial charge in [0.15, 0.2) is 5.58 Å². The lowest BCUT2D eigenvalue weighted by atomic mass is 9.33. The van der Waals surface area contributed by atoms with E-state index in [-0.39, 0.29) is 28.6 Å². The summed E-state index contributed by atoms with van der Waals surface area (Å²) >= 11 is 0. The molecule has 4 aliphatic heterocycles. The monoisotopic (exact) mass is 1010 g/mol. The van der Waals surface area contributed by atoms with Crippen molar-refractivity contribution < 1.29 is 8.83 Å². The first-order valence-corrected chi connectivity index (χ1v) is 28.7. The van der Waals surface area contributed by atoms with Gasteiger partial charge in [0.25, 0.3) is 6.71 Å². The number of hydrogen-bond donors (Lipinski definition) is 0. The molecule has 0 saturated heterocycles. The maximum Gasteiger partial charge on any atom is 0.252 e. The Hall–Kier alpha value is -8.16. The van der Waals surface area contributed by atoms with Gasteiger partial charge in [-0.25, -0.2) is 0 Å². The molecule has 0 N–H and O–H groups in total. The van der Waals surface area contributed by atoms with Gasteiger partial charge in [-0.15, -0.1) is 0 Å². The second-order valence-electron chi connectivity index (χ2n) is 24.6. The highest BCUT2D eigenvalue weighted by Crippen LogP contribution is 2.63. The SMILES string of the molecule is Cc1cc2c3c(c1)N(c1cccc4oc5ccccc5c14)c1cc(N4c5ccccc5C5(C)CCCCC45C)ccc1B3c1ccc(N3c4ccccc4C4(C)CCCCC34C)cc1N2c1cccc2c1oc1ccccc12. The van der Waals surface area contributed by atoms with Gasteiger partial charge in [-0.2, -0.15) is 0 Å². The third-order valence-electron chi connectivity index (χ3n) is 21.0. The summed E-state index contributed by atoms with van der Waals surface area (Å²) in [4.78, 5) is 10.7. The van der Waals surface area contributed by atoms with Crippen LogP contribution in [0.15, 0.2) is 191 Å². The summed E-state index contributed by atoms with van der Waals surface area (Å²) in [5.74, 6) is 0. The van der Waals surface area contributed by atoms with Gasteiger partial charge in [0.05, 0.1) is 27.8 Å². The molecule has 380 valence electrons. The summed E-state index contributed by atoms with van der Waals surface area (Å²) < 4.78 is 13.8. The van der Waals surface area contributed by atoms with Crippen molar-refractivity contribution >= 4 is 124 Å². The fourth-order valence-corrected chi connectivity index (χ4v) is 17.0. The molecule has 4 atom stereocenters. The Morgan fingerprint density at radius 3 is 1.50 bits per heavy atom. The molecule has 9 aromatic carbocycles. The number of aryl methyl sites for hydroxylation is 1. The Morgan fingerprint density at radius 1 is 0.397 bits per heavy atom. The van der Waals surface area contributed by atoms with Gasteiger partial charge in [0.1, 0.15) is 16.7 Å². The van der Waals surface area contributed by atoms with Crippen LogP contribution >= 0.6 is 0 Å². The highest BCUT2D eigenvalue weighted by atomic mass is 16.3. The van der Waals surface area contributed by atoms with Crippen LogP contribution in [0.2, 0.25) is 0 Å². The number of anilines is 10. The van der Waals surface area contributed by atoms with E-state index in [0.29, 0.717) is 0 Å². The van der Waals surface area contributed by atoms with Gasteiger partial charge in [0.2, 0.25) is 0 Å². The summed E-state index contributed by atoms with van der Waals surface area (Å²) in [6.45, 7) is 12.4. The Labute approximate surface area is 456 Å². The van der Waals surface area contributed by atoms with Crippen LogP contribution in [-0.2, 0) is 10.8 Å². The minimum Gasteiger partial charge on any atom is -0.456 e. The van der Waals surface area contributed by atoms with E-state index >= 15 is 0 Å². The molecule has 2 fully saturated rings. The second kappa shape index (κ2) is 15.5. The standard InChI is InChI=1S/C71H61BN4O2/c1-44-40-60-66-61(41-44)74(57-28-18-22-48-47-20-6-12-29-62(47)78-67(48)57)59-43-46(76-55-26-11-9-24-51(55)69(3)37-15-17-39-71(69,76)5)33-35-53(59)72(66)52-34-32-45(75-54-25-10-8-23-50(54)68(2)36-14-16-38-70(68,75)4)42-58(52)73(60)56-27-19-31-64-65(56)49-21-7-13-30-63(49)77-64/h6-13,18-35,40-43H,14-17,36-39H2,1-5H3. The van der Waals surface area contributed by atoms with E-state index in [9.17, 15) is 0 Å². The van der Waals surface area contributed by atoms with Crippen molar-refractivity contribution in [3.63, 3.8) is 0 Å². The van der Waals surface area contributed by atoms with Crippen molar-refractivity contribution in [2.45, 2.75) is 108 Å². The zero-order valence-electron chi connectivity index (χ0n) is 45.2. The maximum atomic E-state index is 7.06. The highest BCUT2D eigenvalue weighted by Gasteiger charge is 2.59. The normalized spacial score (nSPS) is 23.6. The first-order chi connectivity index (χ1) is 38.1. The van der Waals surface area contributed by atoms with E-state index in [1.807, 2.05) is 0 Å². The van der Waals surface area contributed by atoms with Gasteiger partial charge in [-0.1, -0.05) is 143 Å². The topological polar surface area (TPSA) is 39.2 Å². The predicted molar refractivity (Wildman–Crippen MR) is 325 cm³/mol. The zero-order valence-corrected chi connectivity index (χ0v) is 45.2. The number of furan rings is 2. The molecule has 17 rings (SSSR count). The molecule has 0 amide bonds. The van der Waals surface area contributed by atoms with Crippen molar-refractivity contribution in [1.29, 1.82) is 0 Å². The van der Waals surface area contributed by atoms with Crippen molar-refractivity contribution in [3.8, 4) is 0 Å². The molecule has 6 heterocycles. The van der Waals surface area contributed by atoms with Gasteiger partial charge >= 0.3 is 0 Å². The second-order valence-corrected chi connectivity index (χ2v) is 24.6. The highest BCUT2D eigenvalue weighted by molar-refractivity contribution is 7.00. The van der Waals surface area contributed by atoms with Crippen molar-refractivity contribution in [2.24, 2.45) is 0 Å². The molecule has 0 bridgehead atoms. The molecular weight excluding hydrogens is 952 g/mol. The summed E-state index contributed by atoms with van der Waals surface area (Å²) in [6.07, 6.45) is 9.57. The van der Waals surface area contributed by atoms with E-state index < -0.39 is 0 Å². The average molecular weight is 1010 g/mol. The molecule has 78 heavy (non-hydrogen) atoms. The van der Waals surface area contributed by atoms with E-state index in [1.54, 1.807) is 0 Å². The molecule has 0 radical (unpaired) electrons. The molecule has 2 aliphatic carbocycles. The van der Waals surface area contributed by atoms with Crippen molar-refractivity contribution in [3.05, 3.63) is 199 Å². The molecule has 7 heteroatoms. The molecule has 11 aromatic rings. The van der Waals surface area contributed by atoms with Crippen LogP contribution in [0.3, 0.4) is 0 Å². The Bertz CT molecular complexity index is 4400. The van der Waals surface area contributed by atoms with E-state index in [0.717, 1.165) is 68.1 Å². The van der Waals surface area contributed by atoms with Crippen LogP contribution in [-0.4, -0.2) is 17.8 Å². The molecule has 4 unspecified atom stereocenters. The van der Waals surface area contributed by atoms with Crippen LogP contribution in [0.4, 0.5) is 56.9 Å².